The first-order chi connectivity index (χ1) is 6.63. The first-order valence-electron chi connectivity index (χ1n) is 5.36. The Hall–Kier alpha value is -0.0500. The van der Waals surface area contributed by atoms with Crippen molar-refractivity contribution in [2.24, 2.45) is 0 Å². The van der Waals surface area contributed by atoms with Gasteiger partial charge in [-0.3, -0.25) is 4.90 Å². The molecule has 2 atom stereocenters. The van der Waals surface area contributed by atoms with E-state index in [2.05, 4.69) is 31.0 Å². The zero-order valence-corrected chi connectivity index (χ0v) is 10.1. The van der Waals surface area contributed by atoms with E-state index < -0.39 is 0 Å². The average molecular weight is 217 g/mol. The van der Waals surface area contributed by atoms with Gasteiger partial charge in [-0.15, -0.1) is 0 Å². The SMILES string of the molecule is C/C(=C\Cl)CN1CC(C)NCCC1C. The van der Waals surface area contributed by atoms with E-state index in [4.69, 9.17) is 11.6 Å². The van der Waals surface area contributed by atoms with Crippen molar-refractivity contribution in [3.8, 4) is 0 Å². The molecule has 0 spiro atoms. The molecule has 0 aromatic carbocycles. The monoisotopic (exact) mass is 216 g/mol. The van der Waals surface area contributed by atoms with Gasteiger partial charge in [-0.05, 0) is 39.3 Å². The van der Waals surface area contributed by atoms with Crippen LogP contribution in [0.5, 0.6) is 0 Å². The van der Waals surface area contributed by atoms with E-state index >= 15 is 0 Å². The third kappa shape index (κ3) is 3.60. The molecule has 0 radical (unpaired) electrons. The lowest BCUT2D eigenvalue weighted by molar-refractivity contribution is 0.225. The molecule has 1 rings (SSSR count). The summed E-state index contributed by atoms with van der Waals surface area (Å²) in [6, 6.07) is 1.24. The van der Waals surface area contributed by atoms with Crippen molar-refractivity contribution in [3.63, 3.8) is 0 Å². The molecule has 2 nitrogen and oxygen atoms in total. The lowest BCUT2D eigenvalue weighted by Crippen LogP contribution is -2.39. The second-order valence-corrected chi connectivity index (χ2v) is 4.60. The molecular weight excluding hydrogens is 196 g/mol. The number of nitrogens with one attached hydrogen (secondary N) is 1. The lowest BCUT2D eigenvalue weighted by Gasteiger charge is -2.28. The predicted molar refractivity (Wildman–Crippen MR) is 62.7 cm³/mol. The van der Waals surface area contributed by atoms with Crippen LogP contribution in [0.4, 0.5) is 0 Å². The number of hydrogen-bond donors (Lipinski definition) is 1. The summed E-state index contributed by atoms with van der Waals surface area (Å²) in [5.74, 6) is 0. The Bertz CT molecular complexity index is 203. The summed E-state index contributed by atoms with van der Waals surface area (Å²) in [6.07, 6.45) is 1.22. The predicted octanol–water partition coefficient (Wildman–Crippen LogP) is 2.20. The second-order valence-electron chi connectivity index (χ2n) is 4.38. The third-order valence-corrected chi connectivity index (χ3v) is 3.20. The number of hydrogen-bond acceptors (Lipinski definition) is 2. The molecule has 1 fully saturated rings. The quantitative estimate of drug-likeness (QED) is 0.762. The Morgan fingerprint density at radius 1 is 1.57 bits per heavy atom. The third-order valence-electron chi connectivity index (χ3n) is 2.83. The molecule has 82 valence electrons. The molecule has 0 bridgehead atoms. The first-order valence-corrected chi connectivity index (χ1v) is 5.80. The van der Waals surface area contributed by atoms with Gasteiger partial charge in [0.05, 0.1) is 0 Å². The molecule has 1 aliphatic heterocycles. The maximum atomic E-state index is 5.69. The van der Waals surface area contributed by atoms with Crippen LogP contribution >= 0.6 is 11.6 Å². The lowest BCUT2D eigenvalue weighted by atomic mass is 10.2. The second kappa shape index (κ2) is 5.74. The summed E-state index contributed by atoms with van der Waals surface area (Å²) in [7, 11) is 0. The molecule has 1 heterocycles. The topological polar surface area (TPSA) is 15.3 Å². The van der Waals surface area contributed by atoms with Gasteiger partial charge in [0.2, 0.25) is 0 Å². The first kappa shape index (κ1) is 12.0. The Morgan fingerprint density at radius 3 is 2.93 bits per heavy atom. The van der Waals surface area contributed by atoms with E-state index in [1.807, 2.05) is 0 Å². The zero-order chi connectivity index (χ0) is 10.6. The Morgan fingerprint density at radius 2 is 2.29 bits per heavy atom. The summed E-state index contributed by atoms with van der Waals surface area (Å²) < 4.78 is 0. The van der Waals surface area contributed by atoms with Crippen LogP contribution < -0.4 is 5.32 Å². The molecule has 0 saturated carbocycles. The maximum absolute atomic E-state index is 5.69. The summed E-state index contributed by atoms with van der Waals surface area (Å²) in [5, 5.41) is 3.50. The maximum Gasteiger partial charge on any atom is 0.0205 e. The van der Waals surface area contributed by atoms with Crippen molar-refractivity contribution in [2.75, 3.05) is 19.6 Å². The van der Waals surface area contributed by atoms with Crippen LogP contribution in [0.3, 0.4) is 0 Å². The summed E-state index contributed by atoms with van der Waals surface area (Å²) >= 11 is 5.69. The van der Waals surface area contributed by atoms with Gasteiger partial charge >= 0.3 is 0 Å². The van der Waals surface area contributed by atoms with Gasteiger partial charge < -0.3 is 5.32 Å². The molecule has 1 aliphatic rings. The van der Waals surface area contributed by atoms with Crippen LogP contribution in [0.25, 0.3) is 0 Å². The molecule has 1 N–H and O–H groups in total. The molecule has 3 heteroatoms. The summed E-state index contributed by atoms with van der Waals surface area (Å²) in [6.45, 7) is 9.86. The molecule has 0 amide bonds. The Kier molecular flexibility index (Phi) is 4.93. The van der Waals surface area contributed by atoms with Gasteiger partial charge in [-0.2, -0.15) is 0 Å². The molecule has 1 saturated heterocycles. The van der Waals surface area contributed by atoms with Crippen LogP contribution in [0.2, 0.25) is 0 Å². The van der Waals surface area contributed by atoms with Crippen LogP contribution in [0, 0.1) is 0 Å². The number of rotatable bonds is 2. The van der Waals surface area contributed by atoms with E-state index in [0.29, 0.717) is 12.1 Å². The van der Waals surface area contributed by atoms with E-state index in [1.54, 1.807) is 5.54 Å². The van der Waals surface area contributed by atoms with Crippen LogP contribution in [-0.2, 0) is 0 Å². The van der Waals surface area contributed by atoms with Crippen molar-refractivity contribution in [1.29, 1.82) is 0 Å². The molecular formula is C11H21ClN2. The largest absolute Gasteiger partial charge is 0.313 e. The van der Waals surface area contributed by atoms with E-state index in [1.165, 1.54) is 12.0 Å². The molecule has 0 aliphatic carbocycles. The van der Waals surface area contributed by atoms with Gasteiger partial charge in [0.15, 0.2) is 0 Å². The smallest absolute Gasteiger partial charge is 0.0205 e. The minimum atomic E-state index is 0.586. The van der Waals surface area contributed by atoms with Crippen LogP contribution in [0.1, 0.15) is 27.2 Å². The number of halogens is 1. The minimum Gasteiger partial charge on any atom is -0.313 e. The highest BCUT2D eigenvalue weighted by molar-refractivity contribution is 6.25. The number of nitrogens with zero attached hydrogens (tertiary/aromatic N) is 1. The normalized spacial score (nSPS) is 31.6. The minimum absolute atomic E-state index is 0.586. The van der Waals surface area contributed by atoms with Gasteiger partial charge in [0.25, 0.3) is 0 Å². The summed E-state index contributed by atoms with van der Waals surface area (Å²) in [5.41, 5.74) is 2.93. The van der Waals surface area contributed by atoms with Gasteiger partial charge in [0.1, 0.15) is 0 Å². The molecule has 2 unspecified atom stereocenters. The van der Waals surface area contributed by atoms with Crippen molar-refractivity contribution in [2.45, 2.75) is 39.3 Å². The van der Waals surface area contributed by atoms with Crippen LogP contribution in [-0.4, -0.2) is 36.6 Å². The molecule has 0 aromatic rings. The standard InChI is InChI=1S/C11H21ClN2/c1-9(6-12)7-14-8-10(2)13-5-4-11(14)3/h6,10-11,13H,4-5,7-8H2,1-3H3/b9-6+. The van der Waals surface area contributed by atoms with E-state index in [-0.39, 0.29) is 0 Å². The van der Waals surface area contributed by atoms with Crippen molar-refractivity contribution < 1.29 is 0 Å². The van der Waals surface area contributed by atoms with Crippen molar-refractivity contribution in [1.82, 2.24) is 10.2 Å². The Balaban J connectivity index is 2.54. The Labute approximate surface area is 92.3 Å². The van der Waals surface area contributed by atoms with E-state index in [9.17, 15) is 0 Å². The average Bonchev–Trinajstić information content (AvgIpc) is 2.29. The molecule has 14 heavy (non-hydrogen) atoms. The summed E-state index contributed by atoms with van der Waals surface area (Å²) in [4.78, 5) is 2.50. The van der Waals surface area contributed by atoms with Gasteiger partial charge in [-0.1, -0.05) is 11.6 Å². The van der Waals surface area contributed by atoms with Crippen molar-refractivity contribution in [3.05, 3.63) is 11.1 Å². The fourth-order valence-corrected chi connectivity index (χ4v) is 1.96. The van der Waals surface area contributed by atoms with Crippen molar-refractivity contribution >= 4 is 11.6 Å². The van der Waals surface area contributed by atoms with Gasteiger partial charge in [-0.25, -0.2) is 0 Å². The van der Waals surface area contributed by atoms with Gasteiger partial charge in [0, 0.05) is 30.7 Å². The highest BCUT2D eigenvalue weighted by atomic mass is 35.5. The fraction of sp³-hybridized carbons (Fsp3) is 0.818. The van der Waals surface area contributed by atoms with Crippen LogP contribution in [0.15, 0.2) is 11.1 Å². The molecule has 0 aromatic heterocycles. The zero-order valence-electron chi connectivity index (χ0n) is 9.39. The van der Waals surface area contributed by atoms with E-state index in [0.717, 1.165) is 19.6 Å². The fourth-order valence-electron chi connectivity index (χ4n) is 1.89. The highest BCUT2D eigenvalue weighted by Gasteiger charge is 2.19. The highest BCUT2D eigenvalue weighted by Crippen LogP contribution is 2.11.